The van der Waals surface area contributed by atoms with E-state index in [0.29, 0.717) is 17.3 Å². The van der Waals surface area contributed by atoms with Gasteiger partial charge in [0.05, 0.1) is 11.9 Å². The maximum absolute atomic E-state index is 12.3. The molecule has 1 heterocycles. The molecule has 0 atom stereocenters. The highest BCUT2D eigenvalue weighted by Crippen LogP contribution is 2.22. The number of hydrogen-bond acceptors (Lipinski definition) is 3. The summed E-state index contributed by atoms with van der Waals surface area (Å²) in [4.78, 5) is 16.6. The molecule has 23 heavy (non-hydrogen) atoms. The van der Waals surface area contributed by atoms with Crippen LogP contribution in [-0.4, -0.2) is 16.9 Å². The van der Waals surface area contributed by atoms with Gasteiger partial charge in [0.2, 0.25) is 0 Å². The molecule has 0 radical (unpaired) electrons. The monoisotopic (exact) mass is 311 g/mol. The molecule has 0 spiro atoms. The van der Waals surface area contributed by atoms with Crippen LogP contribution in [0.2, 0.25) is 0 Å². The standard InChI is InChI=1S/C19H25N3O/c1-13(2)21-17-11-10-16(12-20-17)22-18(23)14-6-8-15(9-7-14)19(3,4)5/h6-13H,1-5H3,(H,20,21)(H,22,23). The number of carbonyl (C=O) groups excluding carboxylic acids is 1. The number of anilines is 2. The van der Waals surface area contributed by atoms with Crippen molar-refractivity contribution in [2.45, 2.75) is 46.1 Å². The molecule has 0 aliphatic heterocycles. The Kier molecular flexibility index (Phi) is 5.04. The number of pyridine rings is 1. The lowest BCUT2D eigenvalue weighted by molar-refractivity contribution is 0.102. The Morgan fingerprint density at radius 1 is 1.04 bits per heavy atom. The summed E-state index contributed by atoms with van der Waals surface area (Å²) in [6, 6.07) is 11.8. The minimum Gasteiger partial charge on any atom is -0.368 e. The highest BCUT2D eigenvalue weighted by molar-refractivity contribution is 6.04. The highest BCUT2D eigenvalue weighted by atomic mass is 16.1. The lowest BCUT2D eigenvalue weighted by atomic mass is 9.87. The average molecular weight is 311 g/mol. The maximum atomic E-state index is 12.3. The van der Waals surface area contributed by atoms with E-state index in [4.69, 9.17) is 0 Å². The quantitative estimate of drug-likeness (QED) is 0.877. The maximum Gasteiger partial charge on any atom is 0.255 e. The van der Waals surface area contributed by atoms with E-state index in [1.54, 1.807) is 6.20 Å². The van der Waals surface area contributed by atoms with E-state index in [2.05, 4.69) is 50.2 Å². The third kappa shape index (κ3) is 4.81. The van der Waals surface area contributed by atoms with Gasteiger partial charge in [0.25, 0.3) is 5.91 Å². The summed E-state index contributed by atoms with van der Waals surface area (Å²) in [7, 11) is 0. The topological polar surface area (TPSA) is 54.0 Å². The van der Waals surface area contributed by atoms with Gasteiger partial charge in [-0.25, -0.2) is 4.98 Å². The largest absolute Gasteiger partial charge is 0.368 e. The van der Waals surface area contributed by atoms with Crippen molar-refractivity contribution >= 4 is 17.4 Å². The summed E-state index contributed by atoms with van der Waals surface area (Å²) in [5.41, 5.74) is 2.62. The van der Waals surface area contributed by atoms with E-state index < -0.39 is 0 Å². The minimum atomic E-state index is -0.128. The lowest BCUT2D eigenvalue weighted by Gasteiger charge is -2.19. The van der Waals surface area contributed by atoms with E-state index in [1.165, 1.54) is 5.56 Å². The molecule has 0 saturated carbocycles. The molecular weight excluding hydrogens is 286 g/mol. The van der Waals surface area contributed by atoms with Crippen LogP contribution < -0.4 is 10.6 Å². The van der Waals surface area contributed by atoms with Crippen LogP contribution in [0.1, 0.15) is 50.5 Å². The molecule has 0 fully saturated rings. The minimum absolute atomic E-state index is 0.0815. The second-order valence-electron chi connectivity index (χ2n) is 7.01. The Balaban J connectivity index is 2.04. The van der Waals surface area contributed by atoms with Crippen molar-refractivity contribution in [1.82, 2.24) is 4.98 Å². The summed E-state index contributed by atoms with van der Waals surface area (Å²) in [5, 5.41) is 6.08. The molecule has 4 heteroatoms. The van der Waals surface area contributed by atoms with E-state index in [1.807, 2.05) is 36.4 Å². The van der Waals surface area contributed by atoms with Crippen molar-refractivity contribution in [3.63, 3.8) is 0 Å². The molecule has 1 aromatic carbocycles. The van der Waals surface area contributed by atoms with Gasteiger partial charge in [0.1, 0.15) is 5.82 Å². The normalized spacial score (nSPS) is 11.4. The predicted octanol–water partition coefficient (Wildman–Crippen LogP) is 4.45. The fourth-order valence-corrected chi connectivity index (χ4v) is 2.17. The van der Waals surface area contributed by atoms with E-state index in [0.717, 1.165) is 5.82 Å². The summed E-state index contributed by atoms with van der Waals surface area (Å²) >= 11 is 0. The van der Waals surface area contributed by atoms with Gasteiger partial charge >= 0.3 is 0 Å². The average Bonchev–Trinajstić information content (AvgIpc) is 2.48. The van der Waals surface area contributed by atoms with Gasteiger partial charge in [-0.2, -0.15) is 0 Å². The lowest BCUT2D eigenvalue weighted by Crippen LogP contribution is -2.15. The summed E-state index contributed by atoms with van der Waals surface area (Å²) in [6.45, 7) is 10.6. The molecule has 0 aliphatic carbocycles. The first-order valence-corrected chi connectivity index (χ1v) is 7.90. The first-order valence-electron chi connectivity index (χ1n) is 7.90. The van der Waals surface area contributed by atoms with E-state index in [9.17, 15) is 4.79 Å². The Hall–Kier alpha value is -2.36. The number of carbonyl (C=O) groups is 1. The van der Waals surface area contributed by atoms with Crippen molar-refractivity contribution in [2.75, 3.05) is 10.6 Å². The number of aromatic nitrogens is 1. The van der Waals surface area contributed by atoms with Crippen LogP contribution in [0.15, 0.2) is 42.6 Å². The van der Waals surface area contributed by atoms with Gasteiger partial charge < -0.3 is 10.6 Å². The zero-order valence-electron chi connectivity index (χ0n) is 14.5. The molecular formula is C19H25N3O. The van der Waals surface area contributed by atoms with Crippen LogP contribution in [0, 0.1) is 0 Å². The Morgan fingerprint density at radius 2 is 1.70 bits per heavy atom. The molecule has 0 saturated heterocycles. The third-order valence-corrected chi connectivity index (χ3v) is 3.47. The number of nitrogens with zero attached hydrogens (tertiary/aromatic N) is 1. The fourth-order valence-electron chi connectivity index (χ4n) is 2.17. The second kappa shape index (κ2) is 6.82. The number of benzene rings is 1. The Labute approximate surface area is 138 Å². The Morgan fingerprint density at radius 3 is 2.17 bits per heavy atom. The van der Waals surface area contributed by atoms with E-state index in [-0.39, 0.29) is 11.3 Å². The molecule has 0 bridgehead atoms. The molecule has 1 amide bonds. The zero-order chi connectivity index (χ0) is 17.0. The SMILES string of the molecule is CC(C)Nc1ccc(NC(=O)c2ccc(C(C)(C)C)cc2)cn1. The summed E-state index contributed by atoms with van der Waals surface area (Å²) in [5.74, 6) is 0.671. The van der Waals surface area contributed by atoms with Crippen LogP contribution >= 0.6 is 0 Å². The van der Waals surface area contributed by atoms with Gasteiger partial charge in [-0.1, -0.05) is 32.9 Å². The van der Waals surface area contributed by atoms with Crippen molar-refractivity contribution in [3.8, 4) is 0 Å². The van der Waals surface area contributed by atoms with Crippen LogP contribution in [0.3, 0.4) is 0 Å². The van der Waals surface area contributed by atoms with Crippen molar-refractivity contribution < 1.29 is 4.79 Å². The van der Waals surface area contributed by atoms with Crippen molar-refractivity contribution in [2.24, 2.45) is 0 Å². The van der Waals surface area contributed by atoms with Gasteiger partial charge in [-0.15, -0.1) is 0 Å². The molecule has 1 aromatic heterocycles. The molecule has 122 valence electrons. The van der Waals surface area contributed by atoms with E-state index >= 15 is 0 Å². The molecule has 0 aliphatic rings. The summed E-state index contributed by atoms with van der Waals surface area (Å²) in [6.07, 6.45) is 1.66. The van der Waals surface area contributed by atoms with Crippen LogP contribution in [0.4, 0.5) is 11.5 Å². The fraction of sp³-hybridized carbons (Fsp3) is 0.368. The summed E-state index contributed by atoms with van der Waals surface area (Å²) < 4.78 is 0. The Bertz CT molecular complexity index is 653. The zero-order valence-corrected chi connectivity index (χ0v) is 14.5. The number of rotatable bonds is 4. The van der Waals surface area contributed by atoms with Gasteiger partial charge in [0, 0.05) is 11.6 Å². The van der Waals surface area contributed by atoms with Crippen molar-refractivity contribution in [3.05, 3.63) is 53.7 Å². The molecule has 0 unspecified atom stereocenters. The molecule has 4 nitrogen and oxygen atoms in total. The third-order valence-electron chi connectivity index (χ3n) is 3.47. The van der Waals surface area contributed by atoms with Crippen LogP contribution in [0.25, 0.3) is 0 Å². The molecule has 2 rings (SSSR count). The van der Waals surface area contributed by atoms with Crippen LogP contribution in [-0.2, 0) is 5.41 Å². The second-order valence-corrected chi connectivity index (χ2v) is 7.01. The van der Waals surface area contributed by atoms with Gasteiger partial charge in [0.15, 0.2) is 0 Å². The number of nitrogens with one attached hydrogen (secondary N) is 2. The predicted molar refractivity (Wildman–Crippen MR) is 96.1 cm³/mol. The first-order chi connectivity index (χ1) is 10.8. The number of amides is 1. The molecule has 2 N–H and O–H groups in total. The first kappa shape index (κ1) is 17.0. The molecule has 2 aromatic rings. The highest BCUT2D eigenvalue weighted by Gasteiger charge is 2.14. The van der Waals surface area contributed by atoms with Gasteiger partial charge in [-0.05, 0) is 49.1 Å². The smallest absolute Gasteiger partial charge is 0.255 e. The van der Waals surface area contributed by atoms with Crippen LogP contribution in [0.5, 0.6) is 0 Å². The number of hydrogen-bond donors (Lipinski definition) is 2. The van der Waals surface area contributed by atoms with Gasteiger partial charge in [-0.3, -0.25) is 4.79 Å². The van der Waals surface area contributed by atoms with Crippen molar-refractivity contribution in [1.29, 1.82) is 0 Å².